The summed E-state index contributed by atoms with van der Waals surface area (Å²) >= 11 is 0. The number of benzene rings is 1. The number of nitrogens with zero attached hydrogens (tertiary/aromatic N) is 4. The van der Waals surface area contributed by atoms with Gasteiger partial charge in [-0.1, -0.05) is 24.3 Å². The zero-order valence-corrected chi connectivity index (χ0v) is 15.4. The zero-order valence-electron chi connectivity index (χ0n) is 15.4. The van der Waals surface area contributed by atoms with Gasteiger partial charge in [0.2, 0.25) is 5.88 Å². The summed E-state index contributed by atoms with van der Waals surface area (Å²) in [7, 11) is 1.91. The predicted octanol–water partition coefficient (Wildman–Crippen LogP) is 4.43. The van der Waals surface area contributed by atoms with E-state index in [1.807, 2.05) is 37.5 Å². The molecular weight excluding hydrogens is 336 g/mol. The van der Waals surface area contributed by atoms with E-state index in [2.05, 4.69) is 34.3 Å². The van der Waals surface area contributed by atoms with Crippen molar-refractivity contribution < 1.29 is 4.74 Å². The van der Waals surface area contributed by atoms with E-state index < -0.39 is 0 Å². The molecule has 0 atom stereocenters. The van der Waals surface area contributed by atoms with Crippen LogP contribution in [0.2, 0.25) is 0 Å². The van der Waals surface area contributed by atoms with E-state index >= 15 is 0 Å². The molecule has 0 aliphatic carbocycles. The number of aryl methyl sites for hydroxylation is 2. The normalized spacial score (nSPS) is 11.0. The van der Waals surface area contributed by atoms with E-state index in [1.165, 1.54) is 5.39 Å². The molecule has 3 heterocycles. The molecule has 0 radical (unpaired) electrons. The monoisotopic (exact) mass is 358 g/mol. The fourth-order valence-electron chi connectivity index (χ4n) is 3.13. The van der Waals surface area contributed by atoms with Crippen molar-refractivity contribution in [2.24, 2.45) is 7.05 Å². The Labute approximate surface area is 158 Å². The van der Waals surface area contributed by atoms with Gasteiger partial charge in [-0.15, -0.1) is 5.10 Å². The number of unbranched alkanes of at least 4 members (excludes halogenated alkanes) is 1. The van der Waals surface area contributed by atoms with Gasteiger partial charge in [-0.25, -0.2) is 0 Å². The summed E-state index contributed by atoms with van der Waals surface area (Å²) in [6.07, 6.45) is 8.48. The molecule has 27 heavy (non-hydrogen) atoms. The smallest absolute Gasteiger partial charge is 0.240 e. The number of para-hydroxylation sites is 1. The van der Waals surface area contributed by atoms with Crippen molar-refractivity contribution >= 4 is 10.9 Å². The second kappa shape index (κ2) is 7.99. The van der Waals surface area contributed by atoms with Crippen LogP contribution in [0.3, 0.4) is 0 Å². The third-order valence-corrected chi connectivity index (χ3v) is 4.51. The predicted molar refractivity (Wildman–Crippen MR) is 107 cm³/mol. The van der Waals surface area contributed by atoms with Crippen molar-refractivity contribution in [3.8, 4) is 17.0 Å². The summed E-state index contributed by atoms with van der Waals surface area (Å²) in [4.78, 5) is 8.79. The Morgan fingerprint density at radius 3 is 2.70 bits per heavy atom. The van der Waals surface area contributed by atoms with E-state index in [0.717, 1.165) is 41.6 Å². The highest BCUT2D eigenvalue weighted by atomic mass is 16.5. The highest BCUT2D eigenvalue weighted by molar-refractivity contribution is 5.78. The lowest BCUT2D eigenvalue weighted by Gasteiger charge is -2.06. The number of hydrogen-bond donors (Lipinski definition) is 0. The molecule has 0 saturated heterocycles. The van der Waals surface area contributed by atoms with Crippen molar-refractivity contribution in [2.75, 3.05) is 6.61 Å². The largest absolute Gasteiger partial charge is 0.476 e. The second-order valence-electron chi connectivity index (χ2n) is 6.56. The Morgan fingerprint density at radius 1 is 0.963 bits per heavy atom. The van der Waals surface area contributed by atoms with Crippen molar-refractivity contribution in [1.29, 1.82) is 0 Å². The summed E-state index contributed by atoms with van der Waals surface area (Å²) in [5.74, 6) is 0.674. The van der Waals surface area contributed by atoms with Gasteiger partial charge in [0, 0.05) is 36.7 Å². The molecular formula is C22H22N4O. The minimum absolute atomic E-state index is 0.642. The van der Waals surface area contributed by atoms with Gasteiger partial charge in [-0.05, 0) is 49.1 Å². The molecule has 5 heteroatoms. The number of pyridine rings is 2. The highest BCUT2D eigenvalue weighted by Gasteiger charge is 2.11. The molecule has 0 unspecified atom stereocenters. The Balaban J connectivity index is 1.31. The SMILES string of the molecule is Cn1cc(-c2ccncc2)c(OCCCCc2ccc3ccccc3n2)n1. The van der Waals surface area contributed by atoms with Crippen molar-refractivity contribution in [1.82, 2.24) is 19.7 Å². The molecule has 0 amide bonds. The third-order valence-electron chi connectivity index (χ3n) is 4.51. The van der Waals surface area contributed by atoms with Crippen LogP contribution >= 0.6 is 0 Å². The molecule has 0 bridgehead atoms. The first-order valence-corrected chi connectivity index (χ1v) is 9.21. The zero-order chi connectivity index (χ0) is 18.5. The summed E-state index contributed by atoms with van der Waals surface area (Å²) in [5, 5.41) is 5.62. The van der Waals surface area contributed by atoms with Crippen LogP contribution in [-0.4, -0.2) is 26.4 Å². The highest BCUT2D eigenvalue weighted by Crippen LogP contribution is 2.28. The average molecular weight is 358 g/mol. The Bertz CT molecular complexity index is 1030. The maximum Gasteiger partial charge on any atom is 0.240 e. The number of hydrogen-bond acceptors (Lipinski definition) is 4. The molecule has 0 fully saturated rings. The second-order valence-corrected chi connectivity index (χ2v) is 6.56. The van der Waals surface area contributed by atoms with E-state index in [0.29, 0.717) is 12.5 Å². The molecule has 0 aliphatic rings. The van der Waals surface area contributed by atoms with Crippen LogP contribution < -0.4 is 4.74 Å². The number of ether oxygens (including phenoxy) is 1. The van der Waals surface area contributed by atoms with Gasteiger partial charge in [-0.2, -0.15) is 0 Å². The van der Waals surface area contributed by atoms with Crippen molar-refractivity contribution in [3.63, 3.8) is 0 Å². The summed E-state index contributed by atoms with van der Waals surface area (Å²) < 4.78 is 7.73. The molecule has 0 aliphatic heterocycles. The first-order chi connectivity index (χ1) is 13.3. The minimum atomic E-state index is 0.642. The molecule has 4 aromatic rings. The molecule has 0 N–H and O–H groups in total. The fourth-order valence-corrected chi connectivity index (χ4v) is 3.13. The van der Waals surface area contributed by atoms with E-state index in [1.54, 1.807) is 17.1 Å². The van der Waals surface area contributed by atoms with E-state index in [4.69, 9.17) is 9.72 Å². The molecule has 0 saturated carbocycles. The van der Waals surface area contributed by atoms with Gasteiger partial charge >= 0.3 is 0 Å². The molecule has 4 rings (SSSR count). The molecule has 0 spiro atoms. The van der Waals surface area contributed by atoms with Crippen LogP contribution in [0, 0.1) is 0 Å². The first-order valence-electron chi connectivity index (χ1n) is 9.21. The number of aromatic nitrogens is 4. The van der Waals surface area contributed by atoms with Crippen LogP contribution in [0.1, 0.15) is 18.5 Å². The van der Waals surface area contributed by atoms with Crippen LogP contribution in [0.15, 0.2) is 67.1 Å². The molecule has 3 aromatic heterocycles. The summed E-state index contributed by atoms with van der Waals surface area (Å²) in [6, 6.07) is 16.4. The maximum absolute atomic E-state index is 5.95. The van der Waals surface area contributed by atoms with Gasteiger partial charge < -0.3 is 4.74 Å². The van der Waals surface area contributed by atoms with Gasteiger partial charge in [0.25, 0.3) is 0 Å². The summed E-state index contributed by atoms with van der Waals surface area (Å²) in [6.45, 7) is 0.642. The van der Waals surface area contributed by atoms with Crippen LogP contribution in [0.25, 0.3) is 22.0 Å². The van der Waals surface area contributed by atoms with Gasteiger partial charge in [0.1, 0.15) is 0 Å². The molecule has 136 valence electrons. The quantitative estimate of drug-likeness (QED) is 0.459. The van der Waals surface area contributed by atoms with Crippen LogP contribution in [0.5, 0.6) is 5.88 Å². The van der Waals surface area contributed by atoms with Gasteiger partial charge in [-0.3, -0.25) is 14.6 Å². The van der Waals surface area contributed by atoms with E-state index in [9.17, 15) is 0 Å². The van der Waals surface area contributed by atoms with Gasteiger partial charge in [0.05, 0.1) is 17.7 Å². The summed E-state index contributed by atoms with van der Waals surface area (Å²) in [5.41, 5.74) is 4.25. The first kappa shape index (κ1) is 17.2. The van der Waals surface area contributed by atoms with Crippen LogP contribution in [-0.2, 0) is 13.5 Å². The van der Waals surface area contributed by atoms with E-state index in [-0.39, 0.29) is 0 Å². The number of fused-ring (bicyclic) bond motifs is 1. The fraction of sp³-hybridized carbons (Fsp3) is 0.227. The molecule has 1 aromatic carbocycles. The van der Waals surface area contributed by atoms with Crippen molar-refractivity contribution in [2.45, 2.75) is 19.3 Å². The lowest BCUT2D eigenvalue weighted by Crippen LogP contribution is -2.01. The van der Waals surface area contributed by atoms with Crippen molar-refractivity contribution in [3.05, 3.63) is 72.8 Å². The lowest BCUT2D eigenvalue weighted by molar-refractivity contribution is 0.293. The topological polar surface area (TPSA) is 52.8 Å². The Morgan fingerprint density at radius 2 is 1.81 bits per heavy atom. The van der Waals surface area contributed by atoms with Crippen LogP contribution in [0.4, 0.5) is 0 Å². The van der Waals surface area contributed by atoms with Gasteiger partial charge in [0.15, 0.2) is 0 Å². The maximum atomic E-state index is 5.95. The Hall–Kier alpha value is -3.21. The molecule has 5 nitrogen and oxygen atoms in total. The number of rotatable bonds is 7. The minimum Gasteiger partial charge on any atom is -0.476 e. The standard InChI is InChI=1S/C22H22N4O/c1-26-16-20(17-11-13-23-14-12-17)22(25-26)27-15-5-4-7-19-10-9-18-6-2-3-8-21(18)24-19/h2-3,6,8-14,16H,4-5,7,15H2,1H3. The third kappa shape index (κ3) is 4.14. The lowest BCUT2D eigenvalue weighted by atomic mass is 10.1. The average Bonchev–Trinajstić information content (AvgIpc) is 3.09. The Kier molecular flexibility index (Phi) is 5.10.